The Hall–Kier alpha value is -2.06. The molecular formula is C11H13F3N2O4. The average Bonchev–Trinajstić information content (AvgIpc) is 2.76. The third-order valence-electron chi connectivity index (χ3n) is 2.65. The van der Waals surface area contributed by atoms with Crippen LogP contribution in [0.2, 0.25) is 0 Å². The van der Waals surface area contributed by atoms with Crippen molar-refractivity contribution in [1.29, 1.82) is 0 Å². The smallest absolute Gasteiger partial charge is 0.452 e. The Balaban J connectivity index is 2.66. The molecule has 0 unspecified atom stereocenters. The molecule has 2 N–H and O–H groups in total. The minimum atomic E-state index is -4.82. The van der Waals surface area contributed by atoms with Crippen LogP contribution in [0.3, 0.4) is 0 Å². The quantitative estimate of drug-likeness (QED) is 0.865. The minimum absolute atomic E-state index is 0.0628. The summed E-state index contributed by atoms with van der Waals surface area (Å²) < 4.78 is 41.5. The lowest BCUT2D eigenvalue weighted by Crippen LogP contribution is -2.32. The van der Waals surface area contributed by atoms with Gasteiger partial charge in [-0.25, -0.2) is 4.98 Å². The summed E-state index contributed by atoms with van der Waals surface area (Å²) in [5.41, 5.74) is -1.96. The standard InChI is InChI=1S/C11H13F3N2O4/c1-10(2,9(18)19)3-4-15-8(17)6-7(11(12,13)14)20-5-16-6/h5H,3-4H2,1-2H3,(H,15,17)(H,18,19). The molecule has 1 amide bonds. The lowest BCUT2D eigenvalue weighted by molar-refractivity contribution is -0.153. The summed E-state index contributed by atoms with van der Waals surface area (Å²) in [5, 5.41) is 11.0. The van der Waals surface area contributed by atoms with Gasteiger partial charge in [0.25, 0.3) is 5.91 Å². The number of rotatable bonds is 5. The van der Waals surface area contributed by atoms with Crippen molar-refractivity contribution in [3.63, 3.8) is 0 Å². The van der Waals surface area contributed by atoms with E-state index in [1.807, 2.05) is 0 Å². The van der Waals surface area contributed by atoms with Crippen LogP contribution in [0.5, 0.6) is 0 Å². The van der Waals surface area contributed by atoms with Crippen molar-refractivity contribution in [3.8, 4) is 0 Å². The summed E-state index contributed by atoms with van der Waals surface area (Å²) in [6, 6.07) is 0. The molecule has 1 rings (SSSR count). The third-order valence-corrected chi connectivity index (χ3v) is 2.65. The zero-order chi connectivity index (χ0) is 15.6. The summed E-state index contributed by atoms with van der Waals surface area (Å²) in [5.74, 6) is -3.61. The second-order valence-electron chi connectivity index (χ2n) is 4.72. The molecule has 6 nitrogen and oxygen atoms in total. The fraction of sp³-hybridized carbons (Fsp3) is 0.545. The van der Waals surface area contributed by atoms with Crippen molar-refractivity contribution < 1.29 is 32.3 Å². The van der Waals surface area contributed by atoms with Gasteiger partial charge in [-0.15, -0.1) is 0 Å². The highest BCUT2D eigenvalue weighted by Crippen LogP contribution is 2.31. The van der Waals surface area contributed by atoms with Crippen LogP contribution in [0, 0.1) is 5.41 Å². The summed E-state index contributed by atoms with van der Waals surface area (Å²) in [7, 11) is 0. The van der Waals surface area contributed by atoms with E-state index in [9.17, 15) is 22.8 Å². The molecule has 112 valence electrons. The molecule has 0 spiro atoms. The van der Waals surface area contributed by atoms with Crippen LogP contribution in [-0.2, 0) is 11.0 Å². The predicted octanol–water partition coefficient (Wildman–Crippen LogP) is 1.92. The van der Waals surface area contributed by atoms with Gasteiger partial charge in [0.05, 0.1) is 5.41 Å². The Morgan fingerprint density at radius 1 is 1.40 bits per heavy atom. The molecule has 0 atom stereocenters. The van der Waals surface area contributed by atoms with Gasteiger partial charge in [0.2, 0.25) is 5.76 Å². The number of nitrogens with zero attached hydrogens (tertiary/aromatic N) is 1. The maximum Gasteiger partial charge on any atom is 0.452 e. The second kappa shape index (κ2) is 5.51. The van der Waals surface area contributed by atoms with E-state index in [0.29, 0.717) is 6.39 Å². The third kappa shape index (κ3) is 3.72. The largest absolute Gasteiger partial charge is 0.481 e. The summed E-state index contributed by atoms with van der Waals surface area (Å²) in [6.45, 7) is 2.79. The molecule has 0 aromatic carbocycles. The molecular weight excluding hydrogens is 281 g/mol. The topological polar surface area (TPSA) is 92.4 Å². The highest BCUT2D eigenvalue weighted by molar-refractivity contribution is 5.93. The minimum Gasteiger partial charge on any atom is -0.481 e. The van der Waals surface area contributed by atoms with Crippen molar-refractivity contribution in [1.82, 2.24) is 10.3 Å². The summed E-state index contributed by atoms with van der Waals surface area (Å²) >= 11 is 0. The maximum absolute atomic E-state index is 12.5. The number of hydrogen-bond acceptors (Lipinski definition) is 4. The molecule has 0 fully saturated rings. The van der Waals surface area contributed by atoms with E-state index in [0.717, 1.165) is 0 Å². The van der Waals surface area contributed by atoms with Crippen LogP contribution in [0.1, 0.15) is 36.5 Å². The highest BCUT2D eigenvalue weighted by atomic mass is 19.4. The number of hydrogen-bond donors (Lipinski definition) is 2. The van der Waals surface area contributed by atoms with Gasteiger partial charge in [-0.1, -0.05) is 0 Å². The zero-order valence-corrected chi connectivity index (χ0v) is 10.7. The number of aromatic nitrogens is 1. The number of carbonyl (C=O) groups is 2. The zero-order valence-electron chi connectivity index (χ0n) is 10.7. The number of nitrogens with one attached hydrogen (secondary N) is 1. The molecule has 1 heterocycles. The van der Waals surface area contributed by atoms with Crippen molar-refractivity contribution in [2.45, 2.75) is 26.4 Å². The van der Waals surface area contributed by atoms with Crippen LogP contribution in [0.15, 0.2) is 10.8 Å². The predicted molar refractivity (Wildman–Crippen MR) is 59.9 cm³/mol. The van der Waals surface area contributed by atoms with Gasteiger partial charge in [-0.2, -0.15) is 13.2 Å². The van der Waals surface area contributed by atoms with Crippen molar-refractivity contribution in [2.24, 2.45) is 5.41 Å². The Kier molecular flexibility index (Phi) is 4.41. The van der Waals surface area contributed by atoms with Crippen molar-refractivity contribution >= 4 is 11.9 Å². The van der Waals surface area contributed by atoms with Gasteiger partial charge in [0, 0.05) is 6.54 Å². The van der Waals surface area contributed by atoms with E-state index < -0.39 is 34.9 Å². The number of carboxylic acids is 1. The molecule has 0 saturated heterocycles. The number of carbonyl (C=O) groups excluding carboxylic acids is 1. The molecule has 0 radical (unpaired) electrons. The molecule has 0 saturated carbocycles. The fourth-order valence-electron chi connectivity index (χ4n) is 1.29. The average molecular weight is 294 g/mol. The molecule has 0 bridgehead atoms. The van der Waals surface area contributed by atoms with Crippen LogP contribution in [0.25, 0.3) is 0 Å². The van der Waals surface area contributed by atoms with E-state index >= 15 is 0 Å². The van der Waals surface area contributed by atoms with Crippen LogP contribution >= 0.6 is 0 Å². The Labute approximate surface area is 112 Å². The second-order valence-corrected chi connectivity index (χ2v) is 4.72. The van der Waals surface area contributed by atoms with Gasteiger partial charge in [0.1, 0.15) is 0 Å². The van der Waals surface area contributed by atoms with Gasteiger partial charge < -0.3 is 14.8 Å². The van der Waals surface area contributed by atoms with E-state index in [1.165, 1.54) is 13.8 Å². The molecule has 0 aliphatic heterocycles. The first-order valence-corrected chi connectivity index (χ1v) is 5.58. The van der Waals surface area contributed by atoms with E-state index in [4.69, 9.17) is 5.11 Å². The van der Waals surface area contributed by atoms with Crippen molar-refractivity contribution in [2.75, 3.05) is 6.54 Å². The number of amides is 1. The number of aliphatic carboxylic acids is 1. The number of halogens is 3. The van der Waals surface area contributed by atoms with E-state index in [-0.39, 0.29) is 13.0 Å². The van der Waals surface area contributed by atoms with Gasteiger partial charge in [0.15, 0.2) is 12.1 Å². The van der Waals surface area contributed by atoms with Crippen LogP contribution < -0.4 is 5.32 Å². The molecule has 0 aliphatic rings. The number of oxazole rings is 1. The van der Waals surface area contributed by atoms with E-state index in [1.54, 1.807) is 0 Å². The lowest BCUT2D eigenvalue weighted by atomic mass is 9.90. The van der Waals surface area contributed by atoms with Crippen LogP contribution in [0.4, 0.5) is 13.2 Å². The SMILES string of the molecule is CC(C)(CCNC(=O)c1ncoc1C(F)(F)F)C(=O)O. The highest BCUT2D eigenvalue weighted by Gasteiger charge is 2.40. The molecule has 0 aliphatic carbocycles. The molecule has 1 aromatic heterocycles. The number of carboxylic acid groups (broad SMARTS) is 1. The Morgan fingerprint density at radius 3 is 2.50 bits per heavy atom. The molecule has 20 heavy (non-hydrogen) atoms. The molecule has 9 heteroatoms. The first kappa shape index (κ1) is 16.0. The Bertz CT molecular complexity index is 508. The van der Waals surface area contributed by atoms with Gasteiger partial charge >= 0.3 is 12.1 Å². The fourth-order valence-corrected chi connectivity index (χ4v) is 1.29. The lowest BCUT2D eigenvalue weighted by Gasteiger charge is -2.18. The first-order chi connectivity index (χ1) is 9.05. The summed E-state index contributed by atoms with van der Waals surface area (Å²) in [6.07, 6.45) is -4.23. The van der Waals surface area contributed by atoms with Crippen molar-refractivity contribution in [3.05, 3.63) is 17.8 Å². The number of alkyl halides is 3. The first-order valence-electron chi connectivity index (χ1n) is 5.58. The van der Waals surface area contributed by atoms with E-state index in [2.05, 4.69) is 14.7 Å². The summed E-state index contributed by atoms with van der Waals surface area (Å²) in [4.78, 5) is 25.6. The van der Waals surface area contributed by atoms with Crippen LogP contribution in [-0.4, -0.2) is 28.5 Å². The normalized spacial score (nSPS) is 12.2. The monoisotopic (exact) mass is 294 g/mol. The maximum atomic E-state index is 12.5. The molecule has 1 aromatic rings. The van der Waals surface area contributed by atoms with Gasteiger partial charge in [-0.3, -0.25) is 9.59 Å². The Morgan fingerprint density at radius 2 is 2.00 bits per heavy atom. The van der Waals surface area contributed by atoms with Gasteiger partial charge in [-0.05, 0) is 20.3 Å².